The Morgan fingerprint density at radius 2 is 2.08 bits per heavy atom. The quantitative estimate of drug-likeness (QED) is 0.821. The Bertz CT molecular complexity index is 649. The number of hydrogen-bond acceptors (Lipinski definition) is 3. The molecule has 1 aliphatic heterocycles. The number of rotatable bonds is 7. The molecular formula is C18H22F2N2O3. The highest BCUT2D eigenvalue weighted by molar-refractivity contribution is 5.89. The van der Waals surface area contributed by atoms with E-state index in [1.54, 1.807) is 23.1 Å². The normalized spacial score (nSPS) is 21.5. The third kappa shape index (κ3) is 4.08. The summed E-state index contributed by atoms with van der Waals surface area (Å²) >= 11 is 0. The van der Waals surface area contributed by atoms with E-state index in [0.717, 1.165) is 12.8 Å². The van der Waals surface area contributed by atoms with Crippen molar-refractivity contribution in [1.82, 2.24) is 10.2 Å². The van der Waals surface area contributed by atoms with E-state index in [-0.39, 0.29) is 29.9 Å². The van der Waals surface area contributed by atoms with Crippen LogP contribution in [-0.4, -0.2) is 35.9 Å². The van der Waals surface area contributed by atoms with E-state index < -0.39 is 12.7 Å². The topological polar surface area (TPSA) is 58.6 Å². The largest absolute Gasteiger partial charge is 0.434 e. The van der Waals surface area contributed by atoms with Gasteiger partial charge in [-0.05, 0) is 25.3 Å². The Kier molecular flexibility index (Phi) is 5.20. The van der Waals surface area contributed by atoms with Gasteiger partial charge in [-0.3, -0.25) is 9.59 Å². The van der Waals surface area contributed by atoms with E-state index in [9.17, 15) is 18.4 Å². The summed E-state index contributed by atoms with van der Waals surface area (Å²) in [5.74, 6) is -0.510. The minimum atomic E-state index is -2.92. The molecule has 25 heavy (non-hydrogen) atoms. The van der Waals surface area contributed by atoms with Crippen molar-refractivity contribution >= 4 is 11.8 Å². The molecule has 3 rings (SSSR count). The van der Waals surface area contributed by atoms with Crippen LogP contribution < -0.4 is 10.1 Å². The van der Waals surface area contributed by atoms with E-state index in [2.05, 4.69) is 10.1 Å². The maximum Gasteiger partial charge on any atom is 0.387 e. The lowest BCUT2D eigenvalue weighted by Gasteiger charge is -2.22. The Hall–Kier alpha value is -2.18. The van der Waals surface area contributed by atoms with Gasteiger partial charge in [-0.2, -0.15) is 8.78 Å². The molecule has 1 aliphatic carbocycles. The molecule has 1 saturated heterocycles. The fourth-order valence-electron chi connectivity index (χ4n) is 3.31. The van der Waals surface area contributed by atoms with Crippen LogP contribution in [0.25, 0.3) is 0 Å². The number of para-hydroxylation sites is 1. The number of nitrogens with zero attached hydrogens (tertiary/aromatic N) is 1. The van der Waals surface area contributed by atoms with Crippen LogP contribution in [0.2, 0.25) is 0 Å². The predicted octanol–water partition coefficient (Wildman–Crippen LogP) is 2.87. The predicted molar refractivity (Wildman–Crippen MR) is 87.1 cm³/mol. The van der Waals surface area contributed by atoms with Crippen LogP contribution in [0.3, 0.4) is 0 Å². The third-order valence-electron chi connectivity index (χ3n) is 4.75. The molecule has 0 spiro atoms. The van der Waals surface area contributed by atoms with Gasteiger partial charge in [0.05, 0.1) is 12.0 Å². The Labute approximate surface area is 145 Å². The minimum Gasteiger partial charge on any atom is -0.434 e. The molecule has 7 heteroatoms. The van der Waals surface area contributed by atoms with Gasteiger partial charge < -0.3 is 15.0 Å². The van der Waals surface area contributed by atoms with E-state index in [1.165, 1.54) is 6.07 Å². The zero-order valence-electron chi connectivity index (χ0n) is 14.1. The molecule has 2 fully saturated rings. The maximum atomic E-state index is 12.6. The van der Waals surface area contributed by atoms with Gasteiger partial charge in [0.25, 0.3) is 0 Å². The minimum absolute atomic E-state index is 0.0251. The number of carbonyl (C=O) groups excluding carboxylic acids is 2. The zero-order valence-corrected chi connectivity index (χ0v) is 14.1. The van der Waals surface area contributed by atoms with E-state index in [1.807, 2.05) is 6.92 Å². The smallest absolute Gasteiger partial charge is 0.387 e. The van der Waals surface area contributed by atoms with Gasteiger partial charge in [-0.1, -0.05) is 25.1 Å². The fourth-order valence-corrected chi connectivity index (χ4v) is 3.31. The van der Waals surface area contributed by atoms with Crippen molar-refractivity contribution in [3.8, 4) is 5.75 Å². The highest BCUT2D eigenvalue weighted by Crippen LogP contribution is 2.33. The first-order valence-corrected chi connectivity index (χ1v) is 8.63. The molecule has 2 atom stereocenters. The lowest BCUT2D eigenvalue weighted by atomic mass is 10.0. The molecule has 1 saturated carbocycles. The summed E-state index contributed by atoms with van der Waals surface area (Å²) in [5.41, 5.74) is 0.516. The number of halogens is 2. The van der Waals surface area contributed by atoms with Gasteiger partial charge in [0.1, 0.15) is 5.75 Å². The van der Waals surface area contributed by atoms with Crippen molar-refractivity contribution in [2.24, 2.45) is 5.92 Å². The van der Waals surface area contributed by atoms with Crippen molar-refractivity contribution < 1.29 is 23.1 Å². The summed E-state index contributed by atoms with van der Waals surface area (Å²) in [5, 5.41) is 2.90. The highest BCUT2D eigenvalue weighted by Gasteiger charge is 2.42. The average molecular weight is 352 g/mol. The van der Waals surface area contributed by atoms with Crippen LogP contribution in [0.5, 0.6) is 5.75 Å². The summed E-state index contributed by atoms with van der Waals surface area (Å²) in [4.78, 5) is 26.4. The standard InChI is InChI=1S/C18H22F2N2O3/c1-2-14(13-5-3-4-6-15(13)25-18(19)20)21-17(24)11-9-16(23)22(10-11)12-7-8-12/h3-6,11-12,14,18H,2,7-10H2,1H3,(H,21,24)/t11-,14+/m1/s1. The number of carbonyl (C=O) groups is 2. The van der Waals surface area contributed by atoms with Gasteiger partial charge in [-0.15, -0.1) is 0 Å². The molecule has 2 amide bonds. The first kappa shape index (κ1) is 17.6. The first-order valence-electron chi connectivity index (χ1n) is 8.63. The number of amides is 2. The molecule has 2 aliphatic rings. The van der Waals surface area contributed by atoms with Crippen LogP contribution in [-0.2, 0) is 9.59 Å². The Balaban J connectivity index is 1.68. The van der Waals surface area contributed by atoms with Gasteiger partial charge in [0.15, 0.2) is 0 Å². The van der Waals surface area contributed by atoms with Crippen LogP contribution in [0, 0.1) is 5.92 Å². The summed E-state index contributed by atoms with van der Waals surface area (Å²) in [6, 6.07) is 6.32. The van der Waals surface area contributed by atoms with Crippen LogP contribution in [0.4, 0.5) is 8.78 Å². The van der Waals surface area contributed by atoms with Gasteiger partial charge in [0, 0.05) is 24.6 Å². The Morgan fingerprint density at radius 1 is 1.36 bits per heavy atom. The second-order valence-corrected chi connectivity index (χ2v) is 6.56. The number of alkyl halides is 2. The molecule has 0 bridgehead atoms. The van der Waals surface area contributed by atoms with Crippen molar-refractivity contribution in [1.29, 1.82) is 0 Å². The fraction of sp³-hybridized carbons (Fsp3) is 0.556. The molecular weight excluding hydrogens is 330 g/mol. The van der Waals surface area contributed by atoms with Crippen LogP contribution >= 0.6 is 0 Å². The summed E-state index contributed by atoms with van der Waals surface area (Å²) in [7, 11) is 0. The van der Waals surface area contributed by atoms with E-state index in [0.29, 0.717) is 24.6 Å². The molecule has 0 unspecified atom stereocenters. The molecule has 1 aromatic rings. The molecule has 1 aromatic carbocycles. The molecule has 1 N–H and O–H groups in total. The summed E-state index contributed by atoms with van der Waals surface area (Å²) < 4.78 is 29.7. The van der Waals surface area contributed by atoms with Crippen molar-refractivity contribution in [2.45, 2.75) is 51.3 Å². The second kappa shape index (κ2) is 7.37. The second-order valence-electron chi connectivity index (χ2n) is 6.56. The van der Waals surface area contributed by atoms with Crippen LogP contribution in [0.1, 0.15) is 44.2 Å². The van der Waals surface area contributed by atoms with Crippen LogP contribution in [0.15, 0.2) is 24.3 Å². The number of benzene rings is 1. The number of likely N-dealkylation sites (tertiary alicyclic amines) is 1. The number of hydrogen-bond donors (Lipinski definition) is 1. The molecule has 0 radical (unpaired) electrons. The number of nitrogens with one attached hydrogen (secondary N) is 1. The van der Waals surface area contributed by atoms with Gasteiger partial charge >= 0.3 is 6.61 Å². The summed E-state index contributed by atoms with van der Waals surface area (Å²) in [6.07, 6.45) is 2.77. The third-order valence-corrected chi connectivity index (χ3v) is 4.75. The maximum absolute atomic E-state index is 12.6. The average Bonchev–Trinajstić information content (AvgIpc) is 3.34. The summed E-state index contributed by atoms with van der Waals surface area (Å²) in [6.45, 7) is -0.615. The Morgan fingerprint density at radius 3 is 2.72 bits per heavy atom. The SMILES string of the molecule is CC[C@H](NC(=O)[C@@H]1CC(=O)N(C2CC2)C1)c1ccccc1OC(F)F. The van der Waals surface area contributed by atoms with Gasteiger partial charge in [-0.25, -0.2) is 0 Å². The number of ether oxygens (including phenoxy) is 1. The van der Waals surface area contributed by atoms with Gasteiger partial charge in [0.2, 0.25) is 11.8 Å². The molecule has 0 aromatic heterocycles. The lowest BCUT2D eigenvalue weighted by molar-refractivity contribution is -0.129. The molecule has 5 nitrogen and oxygen atoms in total. The molecule has 136 valence electrons. The van der Waals surface area contributed by atoms with E-state index >= 15 is 0 Å². The lowest BCUT2D eigenvalue weighted by Crippen LogP contribution is -2.36. The van der Waals surface area contributed by atoms with Crippen molar-refractivity contribution in [3.63, 3.8) is 0 Å². The zero-order chi connectivity index (χ0) is 18.0. The highest BCUT2D eigenvalue weighted by atomic mass is 19.3. The first-order chi connectivity index (χ1) is 12.0. The van der Waals surface area contributed by atoms with E-state index in [4.69, 9.17) is 0 Å². The molecule has 1 heterocycles. The van der Waals surface area contributed by atoms with Crippen molar-refractivity contribution in [2.75, 3.05) is 6.54 Å². The monoisotopic (exact) mass is 352 g/mol. The van der Waals surface area contributed by atoms with Crippen molar-refractivity contribution in [3.05, 3.63) is 29.8 Å².